The van der Waals surface area contributed by atoms with Crippen LogP contribution in [-0.2, 0) is 20.9 Å². The van der Waals surface area contributed by atoms with Crippen LogP contribution in [0.5, 0.6) is 0 Å². The summed E-state index contributed by atoms with van der Waals surface area (Å²) in [5, 5.41) is 0. The highest BCUT2D eigenvalue weighted by Gasteiger charge is 2.49. The molecule has 2 amide bonds. The van der Waals surface area contributed by atoms with Crippen molar-refractivity contribution in [3.8, 4) is 0 Å². The fourth-order valence-electron chi connectivity index (χ4n) is 3.99. The van der Waals surface area contributed by atoms with Crippen LogP contribution in [0.4, 0.5) is 8.78 Å². The maximum Gasteiger partial charge on any atom is 0.230 e. The predicted molar refractivity (Wildman–Crippen MR) is 91.1 cm³/mol. The van der Waals surface area contributed by atoms with E-state index in [9.17, 15) is 18.4 Å². The molecule has 2 fully saturated rings. The topological polar surface area (TPSA) is 49.9 Å². The molecule has 0 aliphatic carbocycles. The molecule has 1 aromatic carbocycles. The standard InChI is InChI=1S/C19H24F2N2O3/c1-26-11-6-16(24)23-10-8-19(13-23)7-3-9-22(18(19)25)12-14-4-2-5-15(20)17(14)21/h2,4-5H,3,6-13H2,1H3. The van der Waals surface area contributed by atoms with Crippen molar-refractivity contribution in [2.45, 2.75) is 32.2 Å². The molecule has 3 rings (SSSR count). The van der Waals surface area contributed by atoms with Gasteiger partial charge in [-0.15, -0.1) is 0 Å². The fourth-order valence-corrected chi connectivity index (χ4v) is 3.99. The highest BCUT2D eigenvalue weighted by atomic mass is 19.2. The number of ether oxygens (including phenoxy) is 1. The number of amides is 2. The SMILES string of the molecule is COCCC(=O)N1CCC2(CCCN(Cc3cccc(F)c3F)C2=O)C1. The number of carbonyl (C=O) groups excluding carboxylic acids is 2. The molecule has 0 saturated carbocycles. The van der Waals surface area contributed by atoms with E-state index in [0.29, 0.717) is 39.1 Å². The zero-order valence-corrected chi connectivity index (χ0v) is 15.0. The van der Waals surface area contributed by atoms with Gasteiger partial charge in [0.25, 0.3) is 0 Å². The Balaban J connectivity index is 1.70. The molecule has 1 atom stereocenters. The Morgan fingerprint density at radius 3 is 2.85 bits per heavy atom. The van der Waals surface area contributed by atoms with Crippen LogP contribution in [-0.4, -0.2) is 55.0 Å². The summed E-state index contributed by atoms with van der Waals surface area (Å²) in [5.41, 5.74) is -0.411. The monoisotopic (exact) mass is 366 g/mol. The van der Waals surface area contributed by atoms with Gasteiger partial charge in [-0.1, -0.05) is 12.1 Å². The Kier molecular flexibility index (Phi) is 5.55. The third-order valence-corrected chi connectivity index (χ3v) is 5.44. The lowest BCUT2D eigenvalue weighted by atomic mass is 9.78. The summed E-state index contributed by atoms with van der Waals surface area (Å²) in [7, 11) is 1.55. The van der Waals surface area contributed by atoms with Crippen molar-refractivity contribution in [1.29, 1.82) is 0 Å². The molecular weight excluding hydrogens is 342 g/mol. The summed E-state index contributed by atoms with van der Waals surface area (Å²) in [6, 6.07) is 4.02. The van der Waals surface area contributed by atoms with E-state index < -0.39 is 17.0 Å². The average molecular weight is 366 g/mol. The largest absolute Gasteiger partial charge is 0.384 e. The first-order valence-electron chi connectivity index (χ1n) is 8.96. The number of likely N-dealkylation sites (tertiary alicyclic amines) is 2. The van der Waals surface area contributed by atoms with Crippen LogP contribution in [0.25, 0.3) is 0 Å². The van der Waals surface area contributed by atoms with Gasteiger partial charge < -0.3 is 14.5 Å². The molecule has 2 aliphatic heterocycles. The van der Waals surface area contributed by atoms with Gasteiger partial charge in [0.15, 0.2) is 11.6 Å². The number of benzene rings is 1. The van der Waals surface area contributed by atoms with E-state index in [1.807, 2.05) is 0 Å². The maximum absolute atomic E-state index is 14.0. The average Bonchev–Trinajstić information content (AvgIpc) is 3.06. The number of carbonyl (C=O) groups is 2. The minimum atomic E-state index is -0.905. The van der Waals surface area contributed by atoms with Crippen molar-refractivity contribution in [3.05, 3.63) is 35.4 Å². The summed E-state index contributed by atoms with van der Waals surface area (Å²) >= 11 is 0. The Labute approximate surface area is 151 Å². The zero-order valence-electron chi connectivity index (χ0n) is 15.0. The van der Waals surface area contributed by atoms with E-state index in [-0.39, 0.29) is 23.9 Å². The molecule has 26 heavy (non-hydrogen) atoms. The summed E-state index contributed by atoms with van der Waals surface area (Å²) in [4.78, 5) is 28.6. The lowest BCUT2D eigenvalue weighted by molar-refractivity contribution is -0.147. The zero-order chi connectivity index (χ0) is 18.7. The van der Waals surface area contributed by atoms with Gasteiger partial charge >= 0.3 is 0 Å². The number of halogens is 2. The number of piperidine rings is 1. The molecule has 0 radical (unpaired) electrons. The Bertz CT molecular complexity index is 697. The van der Waals surface area contributed by atoms with Gasteiger partial charge in [0, 0.05) is 38.9 Å². The van der Waals surface area contributed by atoms with E-state index in [2.05, 4.69) is 0 Å². The summed E-state index contributed by atoms with van der Waals surface area (Å²) in [6.07, 6.45) is 2.44. The van der Waals surface area contributed by atoms with Gasteiger partial charge in [-0.05, 0) is 25.3 Å². The molecule has 5 nitrogen and oxygen atoms in total. The lowest BCUT2D eigenvalue weighted by Gasteiger charge is -2.39. The third kappa shape index (κ3) is 3.58. The second kappa shape index (κ2) is 7.70. The van der Waals surface area contributed by atoms with Gasteiger partial charge in [0.2, 0.25) is 11.8 Å². The second-order valence-corrected chi connectivity index (χ2v) is 7.13. The normalized spacial score (nSPS) is 23.1. The van der Waals surface area contributed by atoms with Crippen molar-refractivity contribution in [2.24, 2.45) is 5.41 Å². The number of methoxy groups -OCH3 is 1. The van der Waals surface area contributed by atoms with Gasteiger partial charge in [-0.3, -0.25) is 9.59 Å². The summed E-state index contributed by atoms with van der Waals surface area (Å²) in [6.45, 7) is 1.89. The van der Waals surface area contributed by atoms with Gasteiger partial charge in [0.05, 0.1) is 18.4 Å². The van der Waals surface area contributed by atoms with Crippen LogP contribution in [0.15, 0.2) is 18.2 Å². The summed E-state index contributed by atoms with van der Waals surface area (Å²) in [5.74, 6) is -1.88. The first kappa shape index (κ1) is 18.8. The van der Waals surface area contributed by atoms with Crippen molar-refractivity contribution in [2.75, 3.05) is 33.4 Å². The number of hydrogen-bond acceptors (Lipinski definition) is 3. The second-order valence-electron chi connectivity index (χ2n) is 7.13. The molecule has 0 bridgehead atoms. The van der Waals surface area contributed by atoms with E-state index in [4.69, 9.17) is 4.74 Å². The van der Waals surface area contributed by atoms with Crippen molar-refractivity contribution >= 4 is 11.8 Å². The maximum atomic E-state index is 14.0. The minimum Gasteiger partial charge on any atom is -0.384 e. The number of rotatable bonds is 5. The molecular formula is C19H24F2N2O3. The van der Waals surface area contributed by atoms with Gasteiger partial charge in [0.1, 0.15) is 0 Å². The predicted octanol–water partition coefficient (Wildman–Crippen LogP) is 2.34. The molecule has 2 aliphatic rings. The molecule has 2 heterocycles. The van der Waals surface area contributed by atoms with Crippen LogP contribution in [0.1, 0.15) is 31.2 Å². The molecule has 1 aromatic rings. The molecule has 142 valence electrons. The van der Waals surface area contributed by atoms with Crippen LogP contribution in [0.2, 0.25) is 0 Å². The Morgan fingerprint density at radius 2 is 2.08 bits per heavy atom. The molecule has 1 unspecified atom stereocenters. The van der Waals surface area contributed by atoms with Crippen LogP contribution >= 0.6 is 0 Å². The summed E-state index contributed by atoms with van der Waals surface area (Å²) < 4.78 is 32.3. The van der Waals surface area contributed by atoms with E-state index in [1.165, 1.54) is 12.1 Å². The van der Waals surface area contributed by atoms with E-state index in [1.54, 1.807) is 16.9 Å². The smallest absolute Gasteiger partial charge is 0.230 e. The molecule has 2 saturated heterocycles. The molecule has 0 aromatic heterocycles. The highest BCUT2D eigenvalue weighted by molar-refractivity contribution is 5.86. The van der Waals surface area contributed by atoms with Crippen LogP contribution < -0.4 is 0 Å². The molecule has 1 spiro atoms. The molecule has 0 N–H and O–H groups in total. The number of nitrogens with zero attached hydrogens (tertiary/aromatic N) is 2. The Morgan fingerprint density at radius 1 is 1.27 bits per heavy atom. The van der Waals surface area contributed by atoms with Crippen molar-refractivity contribution in [1.82, 2.24) is 9.80 Å². The third-order valence-electron chi connectivity index (χ3n) is 5.44. The quantitative estimate of drug-likeness (QED) is 0.804. The van der Waals surface area contributed by atoms with Crippen molar-refractivity contribution < 1.29 is 23.1 Å². The molecule has 7 heteroatoms. The fraction of sp³-hybridized carbons (Fsp3) is 0.579. The Hall–Kier alpha value is -2.02. The van der Waals surface area contributed by atoms with Crippen LogP contribution in [0.3, 0.4) is 0 Å². The first-order chi connectivity index (χ1) is 12.5. The minimum absolute atomic E-state index is 0.00942. The highest BCUT2D eigenvalue weighted by Crippen LogP contribution is 2.40. The van der Waals surface area contributed by atoms with Crippen molar-refractivity contribution in [3.63, 3.8) is 0 Å². The number of hydrogen-bond donors (Lipinski definition) is 0. The van der Waals surface area contributed by atoms with Gasteiger partial charge in [-0.2, -0.15) is 0 Å². The van der Waals surface area contributed by atoms with E-state index >= 15 is 0 Å². The van der Waals surface area contributed by atoms with Gasteiger partial charge in [-0.25, -0.2) is 8.78 Å². The lowest BCUT2D eigenvalue weighted by Crippen LogP contribution is -2.50. The first-order valence-corrected chi connectivity index (χ1v) is 8.96. The van der Waals surface area contributed by atoms with Crippen LogP contribution in [0, 0.1) is 17.0 Å². The van der Waals surface area contributed by atoms with E-state index in [0.717, 1.165) is 18.9 Å².